The number of nitrogens with one attached hydrogen (secondary N) is 1. The highest BCUT2D eigenvalue weighted by Crippen LogP contribution is 2.24. The van der Waals surface area contributed by atoms with Crippen molar-refractivity contribution in [2.75, 3.05) is 66.1 Å². The summed E-state index contributed by atoms with van der Waals surface area (Å²) in [5, 5.41) is 3.25. The number of methoxy groups -OCH3 is 1. The maximum absolute atomic E-state index is 6.12. The van der Waals surface area contributed by atoms with E-state index in [0.717, 1.165) is 64.7 Å². The molecular weight excluding hydrogens is 354 g/mol. The molecule has 1 aliphatic rings. The molecule has 1 aromatic carbocycles. The molecule has 2 rings (SSSR count). The van der Waals surface area contributed by atoms with Gasteiger partial charge in [-0.05, 0) is 43.8 Å². The lowest BCUT2D eigenvalue weighted by Crippen LogP contribution is -2.39. The first kappa shape index (κ1) is 22.5. The van der Waals surface area contributed by atoms with Crippen molar-refractivity contribution in [3.8, 4) is 5.75 Å². The minimum Gasteiger partial charge on any atom is -0.497 e. The predicted molar refractivity (Wildman–Crippen MR) is 115 cm³/mol. The highest BCUT2D eigenvalue weighted by molar-refractivity contribution is 5.77. The van der Waals surface area contributed by atoms with Crippen molar-refractivity contribution in [1.82, 2.24) is 15.1 Å². The minimum absolute atomic E-state index is 0.179. The molecule has 1 saturated heterocycles. The van der Waals surface area contributed by atoms with Gasteiger partial charge in [-0.3, -0.25) is 14.8 Å². The Hall–Kier alpha value is -1.83. The molecule has 0 spiro atoms. The summed E-state index contributed by atoms with van der Waals surface area (Å²) in [6.07, 6.45) is 1.05. The van der Waals surface area contributed by atoms with E-state index >= 15 is 0 Å². The standard InChI is InChI=1S/C21H37N5O2/c1-4-26(5-2)20(18-8-6-9-19(16-18)27-3)17-24-21(22)23-10-7-11-25-12-14-28-15-13-25/h6,8-9,16,20H,4-5,7,10-15,17H2,1-3H3,(H3,22,23,24). The largest absolute Gasteiger partial charge is 0.497 e. The van der Waals surface area contributed by atoms with Crippen molar-refractivity contribution in [3.63, 3.8) is 0 Å². The maximum atomic E-state index is 6.12. The van der Waals surface area contributed by atoms with Crippen LogP contribution >= 0.6 is 0 Å². The average molecular weight is 392 g/mol. The van der Waals surface area contributed by atoms with Crippen molar-refractivity contribution in [2.45, 2.75) is 26.3 Å². The van der Waals surface area contributed by atoms with Gasteiger partial charge in [0.1, 0.15) is 5.75 Å². The number of hydrogen-bond acceptors (Lipinski definition) is 5. The van der Waals surface area contributed by atoms with Gasteiger partial charge in [-0.15, -0.1) is 0 Å². The predicted octanol–water partition coefficient (Wildman–Crippen LogP) is 1.70. The van der Waals surface area contributed by atoms with Crippen LogP contribution in [0.5, 0.6) is 5.75 Å². The molecule has 0 saturated carbocycles. The van der Waals surface area contributed by atoms with Crippen LogP contribution in [0, 0.1) is 0 Å². The zero-order valence-electron chi connectivity index (χ0n) is 17.7. The topological polar surface area (TPSA) is 75.4 Å². The molecule has 0 aliphatic carbocycles. The summed E-state index contributed by atoms with van der Waals surface area (Å²) in [5.74, 6) is 1.38. The number of aliphatic imine (C=N–C) groups is 1. The van der Waals surface area contributed by atoms with Crippen molar-refractivity contribution < 1.29 is 9.47 Å². The SMILES string of the molecule is CCN(CC)C(CN=C(N)NCCCN1CCOCC1)c1cccc(OC)c1. The maximum Gasteiger partial charge on any atom is 0.188 e. The third-order valence-electron chi connectivity index (χ3n) is 5.23. The van der Waals surface area contributed by atoms with Gasteiger partial charge in [0, 0.05) is 19.6 Å². The van der Waals surface area contributed by atoms with Gasteiger partial charge in [-0.2, -0.15) is 0 Å². The molecule has 1 aromatic rings. The molecule has 0 amide bonds. The van der Waals surface area contributed by atoms with Crippen LogP contribution in [0.3, 0.4) is 0 Å². The Morgan fingerprint density at radius 3 is 2.75 bits per heavy atom. The first-order chi connectivity index (χ1) is 13.7. The molecule has 1 aliphatic heterocycles. The normalized spacial score (nSPS) is 16.9. The van der Waals surface area contributed by atoms with Crippen molar-refractivity contribution in [3.05, 3.63) is 29.8 Å². The van der Waals surface area contributed by atoms with Crippen LogP contribution in [-0.4, -0.2) is 81.9 Å². The second kappa shape index (κ2) is 12.6. The van der Waals surface area contributed by atoms with Crippen LogP contribution in [0.25, 0.3) is 0 Å². The lowest BCUT2D eigenvalue weighted by Gasteiger charge is -2.29. The van der Waals surface area contributed by atoms with Crippen LogP contribution in [0.15, 0.2) is 29.3 Å². The monoisotopic (exact) mass is 391 g/mol. The molecule has 158 valence electrons. The zero-order chi connectivity index (χ0) is 20.2. The third kappa shape index (κ3) is 7.30. The number of guanidine groups is 1. The quantitative estimate of drug-likeness (QED) is 0.340. The molecular formula is C21H37N5O2. The summed E-state index contributed by atoms with van der Waals surface area (Å²) >= 11 is 0. The summed E-state index contributed by atoms with van der Waals surface area (Å²) in [6.45, 7) is 12.5. The van der Waals surface area contributed by atoms with E-state index in [1.165, 1.54) is 5.56 Å². The van der Waals surface area contributed by atoms with Crippen molar-refractivity contribution in [1.29, 1.82) is 0 Å². The highest BCUT2D eigenvalue weighted by atomic mass is 16.5. The summed E-state index contributed by atoms with van der Waals surface area (Å²) in [7, 11) is 1.70. The molecule has 0 radical (unpaired) electrons. The van der Waals surface area contributed by atoms with Gasteiger partial charge in [0.05, 0.1) is 32.9 Å². The first-order valence-electron chi connectivity index (χ1n) is 10.4. The summed E-state index contributed by atoms with van der Waals surface area (Å²) in [6, 6.07) is 8.40. The molecule has 1 atom stereocenters. The molecule has 7 heteroatoms. The zero-order valence-corrected chi connectivity index (χ0v) is 17.7. The van der Waals surface area contributed by atoms with Gasteiger partial charge in [-0.1, -0.05) is 26.0 Å². The number of rotatable bonds is 11. The van der Waals surface area contributed by atoms with Gasteiger partial charge >= 0.3 is 0 Å². The first-order valence-corrected chi connectivity index (χ1v) is 10.4. The molecule has 1 unspecified atom stereocenters. The van der Waals surface area contributed by atoms with Gasteiger partial charge < -0.3 is 20.5 Å². The number of morpholine rings is 1. The Labute approximate surface area is 169 Å². The molecule has 0 bridgehead atoms. The minimum atomic E-state index is 0.179. The Bertz CT molecular complexity index is 586. The molecule has 1 fully saturated rings. The summed E-state index contributed by atoms with van der Waals surface area (Å²) in [5.41, 5.74) is 7.32. The van der Waals surface area contributed by atoms with Crippen molar-refractivity contribution >= 4 is 5.96 Å². The second-order valence-electron chi connectivity index (χ2n) is 6.97. The second-order valence-corrected chi connectivity index (χ2v) is 6.97. The van der Waals surface area contributed by atoms with E-state index in [-0.39, 0.29) is 6.04 Å². The van der Waals surface area contributed by atoms with Crippen LogP contribution in [0.4, 0.5) is 0 Å². The number of likely N-dealkylation sites (N-methyl/N-ethyl adjacent to an activating group) is 1. The molecule has 1 heterocycles. The fourth-order valence-electron chi connectivity index (χ4n) is 3.53. The summed E-state index contributed by atoms with van der Waals surface area (Å²) in [4.78, 5) is 9.45. The van der Waals surface area contributed by atoms with Crippen LogP contribution in [0.1, 0.15) is 31.9 Å². The van der Waals surface area contributed by atoms with E-state index in [1.54, 1.807) is 7.11 Å². The van der Waals surface area contributed by atoms with E-state index in [2.05, 4.69) is 46.1 Å². The Morgan fingerprint density at radius 2 is 2.07 bits per heavy atom. The Balaban J connectivity index is 1.87. The van der Waals surface area contributed by atoms with Gasteiger partial charge in [0.2, 0.25) is 0 Å². The highest BCUT2D eigenvalue weighted by Gasteiger charge is 2.18. The third-order valence-corrected chi connectivity index (χ3v) is 5.23. The van der Waals surface area contributed by atoms with Gasteiger partial charge in [0.25, 0.3) is 0 Å². The number of nitrogens with two attached hydrogens (primary N) is 1. The van der Waals surface area contributed by atoms with Crippen LogP contribution in [0.2, 0.25) is 0 Å². The fourth-order valence-corrected chi connectivity index (χ4v) is 3.53. The van der Waals surface area contributed by atoms with E-state index in [1.807, 2.05) is 12.1 Å². The average Bonchev–Trinajstić information content (AvgIpc) is 2.75. The molecule has 0 aromatic heterocycles. The number of nitrogens with zero attached hydrogens (tertiary/aromatic N) is 3. The van der Waals surface area contributed by atoms with E-state index < -0.39 is 0 Å². The lowest BCUT2D eigenvalue weighted by atomic mass is 10.0. The molecule has 3 N–H and O–H groups in total. The van der Waals surface area contributed by atoms with Crippen molar-refractivity contribution in [2.24, 2.45) is 10.7 Å². The van der Waals surface area contributed by atoms with E-state index in [0.29, 0.717) is 12.5 Å². The van der Waals surface area contributed by atoms with Gasteiger partial charge in [-0.25, -0.2) is 0 Å². The van der Waals surface area contributed by atoms with E-state index in [4.69, 9.17) is 15.2 Å². The summed E-state index contributed by atoms with van der Waals surface area (Å²) < 4.78 is 10.8. The molecule has 28 heavy (non-hydrogen) atoms. The van der Waals surface area contributed by atoms with E-state index in [9.17, 15) is 0 Å². The fraction of sp³-hybridized carbons (Fsp3) is 0.667. The number of ether oxygens (including phenoxy) is 2. The lowest BCUT2D eigenvalue weighted by molar-refractivity contribution is 0.0376. The molecule has 7 nitrogen and oxygen atoms in total. The Kier molecular flexibility index (Phi) is 10.1. The Morgan fingerprint density at radius 1 is 1.32 bits per heavy atom. The smallest absolute Gasteiger partial charge is 0.188 e. The van der Waals surface area contributed by atoms with Crippen LogP contribution < -0.4 is 15.8 Å². The number of benzene rings is 1. The van der Waals surface area contributed by atoms with Crippen LogP contribution in [-0.2, 0) is 4.74 Å². The van der Waals surface area contributed by atoms with Gasteiger partial charge in [0.15, 0.2) is 5.96 Å². The number of hydrogen-bond donors (Lipinski definition) is 2.